The highest BCUT2D eigenvalue weighted by Gasteiger charge is 2.46. The molecule has 2 atom stereocenters. The fraction of sp³-hybridized carbons (Fsp3) is 0.667. The van der Waals surface area contributed by atoms with Crippen LogP contribution >= 0.6 is 0 Å². The van der Waals surface area contributed by atoms with Crippen molar-refractivity contribution in [2.75, 3.05) is 6.54 Å². The van der Waals surface area contributed by atoms with Gasteiger partial charge in [0.05, 0.1) is 11.8 Å². The summed E-state index contributed by atoms with van der Waals surface area (Å²) < 4.78 is 6.37. The zero-order chi connectivity index (χ0) is 18.0. The van der Waals surface area contributed by atoms with Gasteiger partial charge in [0.15, 0.2) is 16.6 Å². The maximum atomic E-state index is 12.4. The average molecular weight is 366 g/mol. The van der Waals surface area contributed by atoms with E-state index in [9.17, 15) is 9.59 Å². The molecule has 1 fully saturated rings. The van der Waals surface area contributed by atoms with Crippen LogP contribution in [-0.4, -0.2) is 39.9 Å². The van der Waals surface area contributed by atoms with Gasteiger partial charge in [-0.15, -0.1) is 6.58 Å². The Morgan fingerprint density at radius 2 is 1.96 bits per heavy atom. The second-order valence-corrected chi connectivity index (χ2v) is 16.5. The zero-order valence-corrected chi connectivity index (χ0v) is 17.5. The lowest BCUT2D eigenvalue weighted by Crippen LogP contribution is -2.43. The SMILES string of the molecule is C=C[Si](C)(C)O[Si](C)(C)CCCCN1C(=O)C2C=CCCC2C1=O. The van der Waals surface area contributed by atoms with Gasteiger partial charge in [-0.3, -0.25) is 14.5 Å². The number of amides is 2. The second kappa shape index (κ2) is 7.49. The van der Waals surface area contributed by atoms with Gasteiger partial charge in [0.1, 0.15) is 0 Å². The fourth-order valence-corrected chi connectivity index (χ4v) is 11.2. The molecule has 0 aromatic rings. The molecule has 0 N–H and O–H groups in total. The summed E-state index contributed by atoms with van der Waals surface area (Å²) in [6, 6.07) is 1.06. The summed E-state index contributed by atoms with van der Waals surface area (Å²) >= 11 is 0. The van der Waals surface area contributed by atoms with Crippen LogP contribution in [0.25, 0.3) is 0 Å². The van der Waals surface area contributed by atoms with Crippen molar-refractivity contribution in [1.29, 1.82) is 0 Å². The number of allylic oxidation sites excluding steroid dienone is 1. The van der Waals surface area contributed by atoms with Crippen LogP contribution in [0.4, 0.5) is 0 Å². The number of unbranched alkanes of at least 4 members (excludes halogenated alkanes) is 1. The van der Waals surface area contributed by atoms with Gasteiger partial charge >= 0.3 is 0 Å². The number of carbonyl (C=O) groups excluding carboxylic acids is 2. The van der Waals surface area contributed by atoms with E-state index in [2.05, 4.69) is 32.8 Å². The van der Waals surface area contributed by atoms with Crippen molar-refractivity contribution in [2.45, 2.75) is 57.9 Å². The molecular weight excluding hydrogens is 334 g/mol. The maximum Gasteiger partial charge on any atom is 0.236 e. The van der Waals surface area contributed by atoms with Gasteiger partial charge < -0.3 is 4.12 Å². The quantitative estimate of drug-likeness (QED) is 0.284. The van der Waals surface area contributed by atoms with E-state index < -0.39 is 16.6 Å². The van der Waals surface area contributed by atoms with Crippen molar-refractivity contribution in [3.63, 3.8) is 0 Å². The van der Waals surface area contributed by atoms with Crippen LogP contribution in [0.1, 0.15) is 25.7 Å². The number of rotatable bonds is 8. The van der Waals surface area contributed by atoms with Gasteiger partial charge in [-0.1, -0.05) is 24.3 Å². The summed E-state index contributed by atoms with van der Waals surface area (Å²) in [5, 5.41) is 0. The first-order valence-corrected chi connectivity index (χ1v) is 15.1. The van der Waals surface area contributed by atoms with Crippen LogP contribution in [0.2, 0.25) is 32.2 Å². The van der Waals surface area contributed by atoms with Gasteiger partial charge in [-0.25, -0.2) is 0 Å². The van der Waals surface area contributed by atoms with E-state index in [0.717, 1.165) is 31.7 Å². The monoisotopic (exact) mass is 365 g/mol. The molecule has 4 nitrogen and oxygen atoms in total. The second-order valence-electron chi connectivity index (χ2n) is 8.09. The van der Waals surface area contributed by atoms with Crippen molar-refractivity contribution < 1.29 is 13.7 Å². The Hall–Kier alpha value is -0.986. The van der Waals surface area contributed by atoms with E-state index in [1.807, 2.05) is 17.9 Å². The maximum absolute atomic E-state index is 12.4. The third-order valence-electron chi connectivity index (χ3n) is 5.00. The van der Waals surface area contributed by atoms with Crippen molar-refractivity contribution in [1.82, 2.24) is 4.90 Å². The summed E-state index contributed by atoms with van der Waals surface area (Å²) in [7, 11) is -3.45. The van der Waals surface area contributed by atoms with Crippen molar-refractivity contribution in [3.05, 3.63) is 24.4 Å². The minimum absolute atomic E-state index is 0.00824. The zero-order valence-electron chi connectivity index (χ0n) is 15.5. The minimum atomic E-state index is -1.74. The van der Waals surface area contributed by atoms with E-state index in [-0.39, 0.29) is 23.7 Å². The summed E-state index contributed by atoms with van der Waals surface area (Å²) in [6.45, 7) is 13.3. The molecule has 2 amide bonds. The van der Waals surface area contributed by atoms with Crippen molar-refractivity contribution in [2.24, 2.45) is 11.8 Å². The molecule has 6 heteroatoms. The molecule has 2 rings (SSSR count). The largest absolute Gasteiger partial charge is 0.453 e. The highest BCUT2D eigenvalue weighted by atomic mass is 28.4. The normalized spacial score (nSPS) is 24.4. The van der Waals surface area contributed by atoms with Gasteiger partial charge in [-0.2, -0.15) is 0 Å². The van der Waals surface area contributed by atoms with E-state index >= 15 is 0 Å². The predicted molar refractivity (Wildman–Crippen MR) is 102 cm³/mol. The summed E-state index contributed by atoms with van der Waals surface area (Å²) in [6.07, 6.45) is 7.57. The van der Waals surface area contributed by atoms with Crippen LogP contribution in [0, 0.1) is 11.8 Å². The first-order chi connectivity index (χ1) is 11.2. The van der Waals surface area contributed by atoms with Crippen LogP contribution in [0.5, 0.6) is 0 Å². The number of nitrogens with zero attached hydrogens (tertiary/aromatic N) is 1. The van der Waals surface area contributed by atoms with E-state index in [1.165, 1.54) is 4.90 Å². The average Bonchev–Trinajstić information content (AvgIpc) is 2.75. The molecule has 24 heavy (non-hydrogen) atoms. The van der Waals surface area contributed by atoms with Gasteiger partial charge in [0, 0.05) is 6.54 Å². The van der Waals surface area contributed by atoms with Crippen LogP contribution in [-0.2, 0) is 13.7 Å². The molecule has 134 valence electrons. The molecule has 0 saturated carbocycles. The lowest BCUT2D eigenvalue weighted by atomic mass is 9.86. The number of hydrogen-bond acceptors (Lipinski definition) is 3. The molecule has 0 aromatic carbocycles. The summed E-state index contributed by atoms with van der Waals surface area (Å²) in [5.41, 5.74) is 1.98. The third kappa shape index (κ3) is 4.55. The van der Waals surface area contributed by atoms with Crippen LogP contribution in [0.15, 0.2) is 24.4 Å². The molecule has 2 unspecified atom stereocenters. The Morgan fingerprint density at radius 3 is 2.58 bits per heavy atom. The molecule has 2 aliphatic rings. The third-order valence-corrected chi connectivity index (χ3v) is 11.9. The molecule has 1 aliphatic heterocycles. The lowest BCUT2D eigenvalue weighted by molar-refractivity contribution is -0.139. The number of hydrogen-bond donors (Lipinski definition) is 0. The lowest BCUT2D eigenvalue weighted by Gasteiger charge is -2.32. The molecule has 1 aliphatic carbocycles. The number of carbonyl (C=O) groups is 2. The van der Waals surface area contributed by atoms with Crippen molar-refractivity contribution >= 4 is 28.4 Å². The molecule has 0 aromatic heterocycles. The Labute approximate surface area is 148 Å². The number of likely N-dealkylation sites (tertiary alicyclic amines) is 1. The Bertz CT molecular complexity index is 542. The Morgan fingerprint density at radius 1 is 1.25 bits per heavy atom. The summed E-state index contributed by atoms with van der Waals surface area (Å²) in [5.74, 6) is -0.243. The number of fused-ring (bicyclic) bond motifs is 1. The fourth-order valence-electron chi connectivity index (χ4n) is 3.70. The Balaban J connectivity index is 1.80. The highest BCUT2D eigenvalue weighted by molar-refractivity contribution is 6.87. The van der Waals surface area contributed by atoms with E-state index in [4.69, 9.17) is 4.12 Å². The number of imide groups is 1. The minimum Gasteiger partial charge on any atom is -0.453 e. The van der Waals surface area contributed by atoms with Crippen LogP contribution in [0.3, 0.4) is 0 Å². The highest BCUT2D eigenvalue weighted by Crippen LogP contribution is 2.34. The first-order valence-electron chi connectivity index (χ1n) is 9.02. The van der Waals surface area contributed by atoms with Crippen molar-refractivity contribution in [3.8, 4) is 0 Å². The first kappa shape index (κ1) is 19.3. The van der Waals surface area contributed by atoms with Gasteiger partial charge in [0.2, 0.25) is 11.8 Å². The Kier molecular flexibility index (Phi) is 6.04. The molecular formula is C18H31NO3Si2. The van der Waals surface area contributed by atoms with E-state index in [0.29, 0.717) is 6.54 Å². The predicted octanol–water partition coefficient (Wildman–Crippen LogP) is 3.87. The topological polar surface area (TPSA) is 46.6 Å². The standard InChI is InChI=1S/C18H31NO3Si2/c1-6-23(2,3)22-24(4,5)14-10-9-13-19-17(20)15-11-7-8-12-16(15)18(19)21/h6-7,11,15-16H,1,8-10,12-14H2,2-5H3. The van der Waals surface area contributed by atoms with Gasteiger partial charge in [0.25, 0.3) is 0 Å². The molecule has 1 heterocycles. The molecule has 0 radical (unpaired) electrons. The molecule has 0 spiro atoms. The van der Waals surface area contributed by atoms with Crippen LogP contribution < -0.4 is 0 Å². The molecule has 0 bridgehead atoms. The smallest absolute Gasteiger partial charge is 0.236 e. The van der Waals surface area contributed by atoms with Gasteiger partial charge in [-0.05, 0) is 51.5 Å². The van der Waals surface area contributed by atoms with E-state index in [1.54, 1.807) is 0 Å². The summed E-state index contributed by atoms with van der Waals surface area (Å²) in [4.78, 5) is 26.3. The molecule has 1 saturated heterocycles.